The monoisotopic (exact) mass is 329 g/mol. The Hall–Kier alpha value is -1.99. The second-order valence-electron chi connectivity index (χ2n) is 4.25. The van der Waals surface area contributed by atoms with Gasteiger partial charge in [0, 0.05) is 12.1 Å². The number of halogens is 2. The van der Waals surface area contributed by atoms with Gasteiger partial charge in [-0.1, -0.05) is 17.7 Å². The minimum atomic E-state index is -3.79. The number of benzene rings is 2. The molecule has 0 N–H and O–H groups in total. The van der Waals surface area contributed by atoms with Gasteiger partial charge in [-0.05, 0) is 29.8 Å². The Morgan fingerprint density at radius 2 is 1.90 bits per heavy atom. The van der Waals surface area contributed by atoms with E-state index in [0.29, 0.717) is 0 Å². The quantitative estimate of drug-likeness (QED) is 0.636. The first kappa shape index (κ1) is 15.4. The molecule has 2 aromatic carbocycles. The van der Waals surface area contributed by atoms with Gasteiger partial charge in [0.25, 0.3) is 5.69 Å². The van der Waals surface area contributed by atoms with Crippen molar-refractivity contribution in [2.24, 2.45) is 0 Å². The Labute approximate surface area is 125 Å². The number of sulfone groups is 1. The van der Waals surface area contributed by atoms with Gasteiger partial charge in [-0.2, -0.15) is 0 Å². The third-order valence-electron chi connectivity index (χ3n) is 2.75. The summed E-state index contributed by atoms with van der Waals surface area (Å²) >= 11 is 5.86. The van der Waals surface area contributed by atoms with Crippen molar-refractivity contribution >= 4 is 27.1 Å². The van der Waals surface area contributed by atoms with Crippen molar-refractivity contribution in [1.82, 2.24) is 0 Å². The molecule has 0 aliphatic heterocycles. The molecule has 0 radical (unpaired) electrons. The predicted molar refractivity (Wildman–Crippen MR) is 75.4 cm³/mol. The highest BCUT2D eigenvalue weighted by atomic mass is 35.5. The van der Waals surface area contributed by atoms with E-state index in [1.165, 1.54) is 24.3 Å². The van der Waals surface area contributed by atoms with Gasteiger partial charge in [-0.3, -0.25) is 10.1 Å². The predicted octanol–water partition coefficient (Wildman–Crippen LogP) is 3.36. The molecule has 0 fully saturated rings. The van der Waals surface area contributed by atoms with Crippen LogP contribution in [0.1, 0.15) is 5.56 Å². The molecule has 0 spiro atoms. The molecule has 8 heteroatoms. The summed E-state index contributed by atoms with van der Waals surface area (Å²) in [7, 11) is -3.79. The number of nitro benzene ring substituents is 1. The van der Waals surface area contributed by atoms with Crippen molar-refractivity contribution in [3.05, 3.63) is 69.0 Å². The van der Waals surface area contributed by atoms with E-state index in [0.717, 1.165) is 18.2 Å². The molecule has 0 aromatic heterocycles. The Morgan fingerprint density at radius 3 is 2.48 bits per heavy atom. The van der Waals surface area contributed by atoms with Gasteiger partial charge in [-0.25, -0.2) is 12.8 Å². The molecule has 5 nitrogen and oxygen atoms in total. The lowest BCUT2D eigenvalue weighted by molar-refractivity contribution is -0.384. The normalized spacial score (nSPS) is 11.3. The summed E-state index contributed by atoms with van der Waals surface area (Å²) in [5, 5.41) is 10.6. The molecule has 0 heterocycles. The minimum Gasteiger partial charge on any atom is -0.258 e. The average Bonchev–Trinajstić information content (AvgIpc) is 2.40. The van der Waals surface area contributed by atoms with Gasteiger partial charge >= 0.3 is 0 Å². The number of nitrogens with zero attached hydrogens (tertiary/aromatic N) is 1. The maximum Gasteiger partial charge on any atom is 0.270 e. The van der Waals surface area contributed by atoms with Crippen LogP contribution in [0.4, 0.5) is 10.1 Å². The molecule has 0 aliphatic rings. The van der Waals surface area contributed by atoms with E-state index in [9.17, 15) is 22.9 Å². The molecular weight excluding hydrogens is 321 g/mol. The van der Waals surface area contributed by atoms with Gasteiger partial charge < -0.3 is 0 Å². The number of non-ortho nitro benzene ring substituents is 1. The standard InChI is InChI=1S/C13H9ClFNO4S/c14-13-7-11(16(17)18)5-4-9(13)8-21(19,20)12-3-1-2-10(15)6-12/h1-7H,8H2. The summed E-state index contributed by atoms with van der Waals surface area (Å²) in [5.74, 6) is -1.13. The van der Waals surface area contributed by atoms with Crippen molar-refractivity contribution in [3.8, 4) is 0 Å². The largest absolute Gasteiger partial charge is 0.270 e. The summed E-state index contributed by atoms with van der Waals surface area (Å²) in [6.45, 7) is 0. The Bertz CT molecular complexity index is 808. The summed E-state index contributed by atoms with van der Waals surface area (Å²) in [4.78, 5) is 9.80. The van der Waals surface area contributed by atoms with Crippen molar-refractivity contribution in [3.63, 3.8) is 0 Å². The van der Waals surface area contributed by atoms with Crippen LogP contribution in [0.3, 0.4) is 0 Å². The summed E-state index contributed by atoms with van der Waals surface area (Å²) in [6.07, 6.45) is 0. The SMILES string of the molecule is O=[N+]([O-])c1ccc(CS(=O)(=O)c2cccc(F)c2)c(Cl)c1. The number of hydrogen-bond acceptors (Lipinski definition) is 4. The zero-order valence-electron chi connectivity index (χ0n) is 10.5. The first-order chi connectivity index (χ1) is 9.79. The van der Waals surface area contributed by atoms with E-state index in [4.69, 9.17) is 11.6 Å². The Balaban J connectivity index is 2.35. The van der Waals surface area contributed by atoms with Gasteiger partial charge in [0.15, 0.2) is 9.84 Å². The number of rotatable bonds is 4. The molecule has 0 unspecified atom stereocenters. The molecule has 2 aromatic rings. The van der Waals surface area contributed by atoms with Crippen molar-refractivity contribution < 1.29 is 17.7 Å². The smallest absolute Gasteiger partial charge is 0.258 e. The molecule has 0 saturated heterocycles. The summed E-state index contributed by atoms with van der Waals surface area (Å²) in [5.41, 5.74) is -0.0153. The lowest BCUT2D eigenvalue weighted by Gasteiger charge is -2.06. The topological polar surface area (TPSA) is 77.3 Å². The van der Waals surface area contributed by atoms with Crippen LogP contribution in [-0.2, 0) is 15.6 Å². The van der Waals surface area contributed by atoms with Crippen LogP contribution in [0.25, 0.3) is 0 Å². The van der Waals surface area contributed by atoms with E-state index < -0.39 is 26.3 Å². The van der Waals surface area contributed by atoms with E-state index in [-0.39, 0.29) is 21.2 Å². The third kappa shape index (κ3) is 3.56. The lowest BCUT2D eigenvalue weighted by atomic mass is 10.2. The molecule has 21 heavy (non-hydrogen) atoms. The average molecular weight is 330 g/mol. The first-order valence-corrected chi connectivity index (χ1v) is 7.74. The van der Waals surface area contributed by atoms with Crippen LogP contribution in [0, 0.1) is 15.9 Å². The van der Waals surface area contributed by atoms with Gasteiger partial charge in [0.2, 0.25) is 0 Å². The molecule has 2 rings (SSSR count). The highest BCUT2D eigenvalue weighted by molar-refractivity contribution is 7.90. The van der Waals surface area contributed by atoms with E-state index in [1.54, 1.807) is 0 Å². The zero-order valence-corrected chi connectivity index (χ0v) is 12.1. The molecule has 0 atom stereocenters. The highest BCUT2D eigenvalue weighted by Gasteiger charge is 2.19. The molecule has 0 saturated carbocycles. The van der Waals surface area contributed by atoms with Crippen molar-refractivity contribution in [1.29, 1.82) is 0 Å². The Morgan fingerprint density at radius 1 is 1.19 bits per heavy atom. The third-order valence-corrected chi connectivity index (χ3v) is 4.76. The minimum absolute atomic E-state index is 0.0239. The van der Waals surface area contributed by atoms with Crippen LogP contribution in [0.5, 0.6) is 0 Å². The maximum absolute atomic E-state index is 13.1. The van der Waals surface area contributed by atoms with E-state index in [1.807, 2.05) is 0 Å². The van der Waals surface area contributed by atoms with E-state index >= 15 is 0 Å². The molecule has 0 bridgehead atoms. The lowest BCUT2D eigenvalue weighted by Crippen LogP contribution is -2.06. The van der Waals surface area contributed by atoms with Crippen LogP contribution in [0.2, 0.25) is 5.02 Å². The van der Waals surface area contributed by atoms with Gasteiger partial charge in [0.1, 0.15) is 5.82 Å². The van der Waals surface area contributed by atoms with E-state index in [2.05, 4.69) is 0 Å². The molecule has 0 amide bonds. The van der Waals surface area contributed by atoms with Gasteiger partial charge in [-0.15, -0.1) is 0 Å². The van der Waals surface area contributed by atoms with Crippen LogP contribution >= 0.6 is 11.6 Å². The molecular formula is C13H9ClFNO4S. The fourth-order valence-corrected chi connectivity index (χ4v) is 3.44. The molecule has 0 aliphatic carbocycles. The summed E-state index contributed by atoms with van der Waals surface area (Å²) in [6, 6.07) is 8.14. The number of hydrogen-bond donors (Lipinski definition) is 0. The van der Waals surface area contributed by atoms with Gasteiger partial charge in [0.05, 0.1) is 20.6 Å². The number of nitro groups is 1. The van der Waals surface area contributed by atoms with Crippen molar-refractivity contribution in [2.45, 2.75) is 10.6 Å². The summed E-state index contributed by atoms with van der Waals surface area (Å²) < 4.78 is 37.4. The zero-order chi connectivity index (χ0) is 15.6. The van der Waals surface area contributed by atoms with Crippen LogP contribution < -0.4 is 0 Å². The maximum atomic E-state index is 13.1. The second kappa shape index (κ2) is 5.79. The second-order valence-corrected chi connectivity index (χ2v) is 6.65. The Kier molecular flexibility index (Phi) is 4.24. The van der Waals surface area contributed by atoms with Crippen LogP contribution in [0.15, 0.2) is 47.4 Å². The highest BCUT2D eigenvalue weighted by Crippen LogP contribution is 2.26. The fraction of sp³-hybridized carbons (Fsp3) is 0.0769. The van der Waals surface area contributed by atoms with Crippen molar-refractivity contribution in [2.75, 3.05) is 0 Å². The molecule has 110 valence electrons. The fourth-order valence-electron chi connectivity index (χ4n) is 1.72. The first-order valence-electron chi connectivity index (χ1n) is 5.71. The van der Waals surface area contributed by atoms with Crippen LogP contribution in [-0.4, -0.2) is 13.3 Å².